The minimum Gasteiger partial charge on any atom is -0.373 e. The third-order valence-corrected chi connectivity index (χ3v) is 8.81. The average molecular weight is 524 g/mol. The first-order valence-electron chi connectivity index (χ1n) is 17.0. The zero-order valence-electron chi connectivity index (χ0n) is 26.1. The highest BCUT2D eigenvalue weighted by molar-refractivity contribution is 5.77. The summed E-state index contributed by atoms with van der Waals surface area (Å²) in [7, 11) is 0. The van der Waals surface area contributed by atoms with Crippen molar-refractivity contribution in [1.82, 2.24) is 0 Å². The first-order chi connectivity index (χ1) is 18.1. The maximum Gasteiger partial charge on any atom is 0.330 e. The molecule has 0 saturated carbocycles. The highest BCUT2D eigenvalue weighted by Gasteiger charge is 2.45. The van der Waals surface area contributed by atoms with Crippen LogP contribution in [0.15, 0.2) is 0 Å². The Hall–Kier alpha value is -0.570. The van der Waals surface area contributed by atoms with Crippen LogP contribution in [-0.2, 0) is 9.63 Å². The van der Waals surface area contributed by atoms with E-state index >= 15 is 0 Å². The SMILES string of the molecule is CCCCCCCCC(CCCCCCC)C(CCCCCCCC)(CCCCCCCC)C(=O)ON. The van der Waals surface area contributed by atoms with E-state index in [1.54, 1.807) is 0 Å². The van der Waals surface area contributed by atoms with Crippen LogP contribution in [0.3, 0.4) is 0 Å². The Morgan fingerprint density at radius 2 is 0.811 bits per heavy atom. The van der Waals surface area contributed by atoms with Crippen LogP contribution in [0, 0.1) is 11.3 Å². The van der Waals surface area contributed by atoms with E-state index in [0.717, 1.165) is 25.7 Å². The topological polar surface area (TPSA) is 52.3 Å². The minimum absolute atomic E-state index is 0.0980. The molecule has 0 aromatic rings. The van der Waals surface area contributed by atoms with Gasteiger partial charge in [-0.25, -0.2) is 4.79 Å². The van der Waals surface area contributed by atoms with E-state index in [-0.39, 0.29) is 11.4 Å². The second-order valence-corrected chi connectivity index (χ2v) is 12.1. The van der Waals surface area contributed by atoms with Gasteiger partial charge in [0.05, 0.1) is 5.41 Å². The number of carbonyl (C=O) groups is 1. The summed E-state index contributed by atoms with van der Waals surface area (Å²) in [6.07, 6.45) is 33.8. The Morgan fingerprint density at radius 3 is 1.14 bits per heavy atom. The molecule has 0 fully saturated rings. The maximum absolute atomic E-state index is 13.6. The van der Waals surface area contributed by atoms with Gasteiger partial charge < -0.3 is 4.84 Å². The van der Waals surface area contributed by atoms with Crippen molar-refractivity contribution in [1.29, 1.82) is 0 Å². The van der Waals surface area contributed by atoms with Crippen LogP contribution >= 0.6 is 0 Å². The number of hydrogen-bond donors (Lipinski definition) is 1. The molecule has 3 heteroatoms. The highest BCUT2D eigenvalue weighted by Crippen LogP contribution is 2.45. The van der Waals surface area contributed by atoms with Crippen LogP contribution in [0.4, 0.5) is 0 Å². The van der Waals surface area contributed by atoms with Gasteiger partial charge in [-0.3, -0.25) is 0 Å². The predicted molar refractivity (Wildman–Crippen MR) is 164 cm³/mol. The molecule has 0 aromatic carbocycles. The van der Waals surface area contributed by atoms with Crippen molar-refractivity contribution in [2.75, 3.05) is 0 Å². The molecule has 0 radical (unpaired) electrons. The number of hydrogen-bond acceptors (Lipinski definition) is 3. The summed E-state index contributed by atoms with van der Waals surface area (Å²) in [5.74, 6) is 6.01. The third-order valence-electron chi connectivity index (χ3n) is 8.81. The van der Waals surface area contributed by atoms with Crippen molar-refractivity contribution in [2.24, 2.45) is 17.2 Å². The summed E-state index contributed by atoms with van der Waals surface area (Å²) in [4.78, 5) is 18.7. The molecule has 0 amide bonds. The first-order valence-corrected chi connectivity index (χ1v) is 17.0. The molecule has 2 N–H and O–H groups in total. The van der Waals surface area contributed by atoms with Gasteiger partial charge in [-0.05, 0) is 31.6 Å². The van der Waals surface area contributed by atoms with Crippen molar-refractivity contribution in [2.45, 2.75) is 201 Å². The molecule has 0 saturated heterocycles. The van der Waals surface area contributed by atoms with E-state index in [1.165, 1.54) is 148 Å². The molecule has 0 heterocycles. The average Bonchev–Trinajstić information content (AvgIpc) is 2.91. The lowest BCUT2D eigenvalue weighted by atomic mass is 9.65. The monoisotopic (exact) mass is 524 g/mol. The van der Waals surface area contributed by atoms with Crippen LogP contribution in [0.5, 0.6) is 0 Å². The molecule has 37 heavy (non-hydrogen) atoms. The van der Waals surface area contributed by atoms with Gasteiger partial charge in [-0.2, -0.15) is 5.90 Å². The molecule has 0 aliphatic heterocycles. The fourth-order valence-corrected chi connectivity index (χ4v) is 6.33. The predicted octanol–water partition coefficient (Wildman–Crippen LogP) is 11.6. The van der Waals surface area contributed by atoms with E-state index < -0.39 is 0 Å². The highest BCUT2D eigenvalue weighted by atomic mass is 16.7. The lowest BCUT2D eigenvalue weighted by molar-refractivity contribution is -0.163. The Balaban J connectivity index is 5.48. The normalized spacial score (nSPS) is 12.7. The van der Waals surface area contributed by atoms with Crippen molar-refractivity contribution in [3.63, 3.8) is 0 Å². The molecule has 0 aliphatic carbocycles. The van der Waals surface area contributed by atoms with E-state index in [4.69, 9.17) is 10.7 Å². The molecule has 0 rings (SSSR count). The van der Waals surface area contributed by atoms with Crippen molar-refractivity contribution in [3.8, 4) is 0 Å². The Morgan fingerprint density at radius 1 is 0.514 bits per heavy atom. The summed E-state index contributed by atoms with van der Waals surface area (Å²) < 4.78 is 0. The number of unbranched alkanes of at least 4 members (excludes halogenated alkanes) is 19. The molecular formula is C34H69NO2. The molecule has 0 aliphatic rings. The molecule has 0 bridgehead atoms. The summed E-state index contributed by atoms with van der Waals surface area (Å²) in [6, 6.07) is 0. The fraction of sp³-hybridized carbons (Fsp3) is 0.971. The molecule has 222 valence electrons. The Bertz CT molecular complexity index is 462. The minimum atomic E-state index is -0.377. The van der Waals surface area contributed by atoms with E-state index in [0.29, 0.717) is 5.92 Å². The number of carbonyl (C=O) groups excluding carboxylic acids is 1. The fourth-order valence-electron chi connectivity index (χ4n) is 6.33. The third kappa shape index (κ3) is 18.4. The largest absolute Gasteiger partial charge is 0.373 e. The standard InChI is InChI=1S/C34H69NO2/c1-5-9-13-17-21-25-29-32(28-24-20-16-12-8-4)34(33(36)37-35,30-26-22-18-14-10-6-2)31-27-23-19-15-11-7-3/h32H,5-31,35H2,1-4H3. The Kier molecular flexibility index (Phi) is 26.6. The summed E-state index contributed by atoms with van der Waals surface area (Å²) in [6.45, 7) is 9.11. The molecular weight excluding hydrogens is 454 g/mol. The van der Waals surface area contributed by atoms with Crippen molar-refractivity contribution in [3.05, 3.63) is 0 Å². The van der Waals surface area contributed by atoms with Crippen molar-refractivity contribution < 1.29 is 9.63 Å². The molecule has 0 aromatic heterocycles. The van der Waals surface area contributed by atoms with E-state index in [9.17, 15) is 4.79 Å². The van der Waals surface area contributed by atoms with E-state index in [2.05, 4.69) is 27.7 Å². The van der Waals surface area contributed by atoms with Crippen LogP contribution in [0.25, 0.3) is 0 Å². The molecule has 1 unspecified atom stereocenters. The van der Waals surface area contributed by atoms with Gasteiger partial charge in [0.25, 0.3) is 0 Å². The first kappa shape index (κ1) is 36.4. The second-order valence-electron chi connectivity index (χ2n) is 12.1. The van der Waals surface area contributed by atoms with Gasteiger partial charge in [0, 0.05) is 0 Å². The molecule has 1 atom stereocenters. The van der Waals surface area contributed by atoms with E-state index in [1.807, 2.05) is 0 Å². The second kappa shape index (κ2) is 27.0. The zero-order chi connectivity index (χ0) is 27.5. The van der Waals surface area contributed by atoms with Gasteiger partial charge in [0.2, 0.25) is 0 Å². The van der Waals surface area contributed by atoms with Gasteiger partial charge in [-0.15, -0.1) is 0 Å². The van der Waals surface area contributed by atoms with Gasteiger partial charge in [-0.1, -0.05) is 175 Å². The van der Waals surface area contributed by atoms with Gasteiger partial charge >= 0.3 is 5.97 Å². The Labute approximate surface area is 233 Å². The smallest absolute Gasteiger partial charge is 0.330 e. The van der Waals surface area contributed by atoms with Crippen LogP contribution in [0.1, 0.15) is 201 Å². The van der Waals surface area contributed by atoms with Crippen molar-refractivity contribution >= 4 is 5.97 Å². The zero-order valence-corrected chi connectivity index (χ0v) is 26.1. The molecule has 3 nitrogen and oxygen atoms in total. The van der Waals surface area contributed by atoms with Crippen LogP contribution in [-0.4, -0.2) is 5.97 Å². The lowest BCUT2D eigenvalue weighted by Crippen LogP contribution is -2.41. The number of nitrogens with two attached hydrogens (primary N) is 1. The maximum atomic E-state index is 13.6. The summed E-state index contributed by atoms with van der Waals surface area (Å²) >= 11 is 0. The summed E-state index contributed by atoms with van der Waals surface area (Å²) in [5, 5.41) is 0. The van der Waals surface area contributed by atoms with Crippen LogP contribution in [0.2, 0.25) is 0 Å². The lowest BCUT2D eigenvalue weighted by Gasteiger charge is -2.39. The number of rotatable bonds is 29. The van der Waals surface area contributed by atoms with Gasteiger partial charge in [0.1, 0.15) is 0 Å². The molecule has 0 spiro atoms. The van der Waals surface area contributed by atoms with Crippen LogP contribution < -0.4 is 5.90 Å². The summed E-state index contributed by atoms with van der Waals surface area (Å²) in [5.41, 5.74) is -0.377. The van der Waals surface area contributed by atoms with Gasteiger partial charge in [0.15, 0.2) is 0 Å². The quantitative estimate of drug-likeness (QED) is 0.0783.